The van der Waals surface area contributed by atoms with Crippen molar-refractivity contribution in [2.75, 3.05) is 26.9 Å². The molecule has 6 nitrogen and oxygen atoms in total. The van der Waals surface area contributed by atoms with Gasteiger partial charge in [0.15, 0.2) is 0 Å². The van der Waals surface area contributed by atoms with Crippen molar-refractivity contribution in [3.63, 3.8) is 0 Å². The Kier molecular flexibility index (Phi) is 8.62. The van der Waals surface area contributed by atoms with Crippen LogP contribution in [0.3, 0.4) is 0 Å². The summed E-state index contributed by atoms with van der Waals surface area (Å²) in [6.45, 7) is 13.9. The van der Waals surface area contributed by atoms with Crippen LogP contribution in [-0.4, -0.2) is 48.6 Å². The van der Waals surface area contributed by atoms with Gasteiger partial charge in [-0.15, -0.1) is 0 Å². The van der Waals surface area contributed by atoms with Crippen molar-refractivity contribution in [1.82, 2.24) is 4.90 Å². The van der Waals surface area contributed by atoms with Gasteiger partial charge in [0.2, 0.25) is 0 Å². The van der Waals surface area contributed by atoms with Crippen molar-refractivity contribution in [3.05, 3.63) is 70.3 Å². The molecule has 0 saturated carbocycles. The molecule has 1 saturated heterocycles. The summed E-state index contributed by atoms with van der Waals surface area (Å²) in [6.07, 6.45) is 0.584. The zero-order valence-electron chi connectivity index (χ0n) is 22.6. The predicted octanol–water partition coefficient (Wildman–Crippen LogP) is 5.79. The smallest absolute Gasteiger partial charge is 0.295 e. The highest BCUT2D eigenvalue weighted by Gasteiger charge is 2.45. The van der Waals surface area contributed by atoms with Crippen molar-refractivity contribution in [2.45, 2.75) is 59.4 Å². The number of benzene rings is 2. The molecule has 0 bridgehead atoms. The first kappa shape index (κ1) is 27.5. The van der Waals surface area contributed by atoms with E-state index in [1.54, 1.807) is 30.2 Å². The summed E-state index contributed by atoms with van der Waals surface area (Å²) < 4.78 is 11.0. The summed E-state index contributed by atoms with van der Waals surface area (Å²) in [4.78, 5) is 27.9. The van der Waals surface area contributed by atoms with E-state index in [4.69, 9.17) is 9.47 Å². The van der Waals surface area contributed by atoms with Gasteiger partial charge in [0.1, 0.15) is 11.5 Å². The molecule has 194 valence electrons. The second-order valence-corrected chi connectivity index (χ2v) is 10.9. The van der Waals surface area contributed by atoms with E-state index in [0.717, 1.165) is 22.4 Å². The summed E-state index contributed by atoms with van der Waals surface area (Å²) in [5.74, 6) is -0.337. The molecule has 1 N–H and O–H groups in total. The average Bonchev–Trinajstić information content (AvgIpc) is 3.07. The number of carbonyl (C=O) groups excluding carboxylic acids is 2. The van der Waals surface area contributed by atoms with Crippen LogP contribution in [0.5, 0.6) is 5.75 Å². The highest BCUT2D eigenvalue weighted by atomic mass is 16.5. The SMILES string of the molecule is COCCCN1C(=O)C(=O)C(=C(O)c2ccc(OCC(C)C)c(C)c2)[C@H]1c1ccc(C(C)(C)C)cc1. The number of nitrogens with zero attached hydrogens (tertiary/aromatic N) is 1. The second-order valence-electron chi connectivity index (χ2n) is 10.9. The Hall–Kier alpha value is -3.12. The van der Waals surface area contributed by atoms with Crippen LogP contribution in [0, 0.1) is 12.8 Å². The number of aryl methyl sites for hydroxylation is 1. The molecule has 1 amide bonds. The molecule has 0 aliphatic carbocycles. The fourth-order valence-corrected chi connectivity index (χ4v) is 4.37. The minimum Gasteiger partial charge on any atom is -0.507 e. The maximum Gasteiger partial charge on any atom is 0.295 e. The van der Waals surface area contributed by atoms with E-state index in [0.29, 0.717) is 37.7 Å². The van der Waals surface area contributed by atoms with Crippen LogP contribution in [0.25, 0.3) is 5.76 Å². The third-order valence-electron chi connectivity index (χ3n) is 6.40. The van der Waals surface area contributed by atoms with Crippen molar-refractivity contribution in [1.29, 1.82) is 0 Å². The number of aliphatic hydroxyl groups is 1. The third-order valence-corrected chi connectivity index (χ3v) is 6.40. The Morgan fingerprint density at radius 2 is 1.75 bits per heavy atom. The zero-order chi connectivity index (χ0) is 26.6. The van der Waals surface area contributed by atoms with Crippen LogP contribution in [0.15, 0.2) is 48.0 Å². The van der Waals surface area contributed by atoms with E-state index in [9.17, 15) is 14.7 Å². The first-order valence-corrected chi connectivity index (χ1v) is 12.6. The first-order valence-electron chi connectivity index (χ1n) is 12.6. The summed E-state index contributed by atoms with van der Waals surface area (Å²) in [5.41, 5.74) is 3.34. The Labute approximate surface area is 214 Å². The van der Waals surface area contributed by atoms with Gasteiger partial charge in [0, 0.05) is 25.8 Å². The summed E-state index contributed by atoms with van der Waals surface area (Å²) in [5, 5.41) is 11.4. The third kappa shape index (κ3) is 5.98. The molecular weight excluding hydrogens is 454 g/mol. The molecule has 1 aliphatic rings. The maximum absolute atomic E-state index is 13.2. The molecule has 0 radical (unpaired) electrons. The number of likely N-dealkylation sites (tertiary alicyclic amines) is 1. The molecular formula is C30H39NO5. The Morgan fingerprint density at radius 1 is 1.08 bits per heavy atom. The molecule has 0 aromatic heterocycles. The van der Waals surface area contributed by atoms with Gasteiger partial charge in [-0.05, 0) is 59.6 Å². The van der Waals surface area contributed by atoms with Crippen LogP contribution < -0.4 is 4.74 Å². The summed E-state index contributed by atoms with van der Waals surface area (Å²) >= 11 is 0. The number of Topliss-reactive ketones (excluding diaryl/α,β-unsaturated/α-hetero) is 1. The van der Waals surface area contributed by atoms with Gasteiger partial charge in [-0.1, -0.05) is 58.9 Å². The number of ether oxygens (including phenoxy) is 2. The van der Waals surface area contributed by atoms with Gasteiger partial charge in [0.05, 0.1) is 18.2 Å². The molecule has 2 aromatic carbocycles. The highest BCUT2D eigenvalue weighted by molar-refractivity contribution is 6.46. The van der Waals surface area contributed by atoms with Gasteiger partial charge in [-0.3, -0.25) is 9.59 Å². The predicted molar refractivity (Wildman–Crippen MR) is 142 cm³/mol. The van der Waals surface area contributed by atoms with Crippen LogP contribution >= 0.6 is 0 Å². The molecule has 0 unspecified atom stereocenters. The van der Waals surface area contributed by atoms with E-state index in [1.807, 2.05) is 31.2 Å². The van der Waals surface area contributed by atoms with E-state index in [1.165, 1.54) is 0 Å². The largest absolute Gasteiger partial charge is 0.507 e. The van der Waals surface area contributed by atoms with E-state index >= 15 is 0 Å². The number of methoxy groups -OCH3 is 1. The van der Waals surface area contributed by atoms with Gasteiger partial charge < -0.3 is 19.5 Å². The van der Waals surface area contributed by atoms with Crippen LogP contribution in [0.2, 0.25) is 0 Å². The zero-order valence-corrected chi connectivity index (χ0v) is 22.6. The number of amides is 1. The van der Waals surface area contributed by atoms with Crippen LogP contribution in [-0.2, 0) is 19.7 Å². The highest BCUT2D eigenvalue weighted by Crippen LogP contribution is 2.40. The fraction of sp³-hybridized carbons (Fsp3) is 0.467. The van der Waals surface area contributed by atoms with E-state index in [-0.39, 0.29) is 16.7 Å². The molecule has 0 spiro atoms. The molecule has 2 aromatic rings. The minimum absolute atomic E-state index is 0.0320. The lowest BCUT2D eigenvalue weighted by Crippen LogP contribution is -2.31. The number of carbonyl (C=O) groups is 2. The van der Waals surface area contributed by atoms with Crippen molar-refractivity contribution >= 4 is 17.4 Å². The normalized spacial score (nSPS) is 17.8. The Morgan fingerprint density at radius 3 is 2.31 bits per heavy atom. The lowest BCUT2D eigenvalue weighted by atomic mass is 9.85. The lowest BCUT2D eigenvalue weighted by Gasteiger charge is -2.26. The van der Waals surface area contributed by atoms with Gasteiger partial charge in [-0.25, -0.2) is 0 Å². The molecule has 1 aliphatic heterocycles. The molecule has 36 heavy (non-hydrogen) atoms. The Bertz CT molecular complexity index is 1130. The monoisotopic (exact) mass is 493 g/mol. The van der Waals surface area contributed by atoms with Crippen molar-refractivity contribution < 1.29 is 24.2 Å². The molecule has 1 heterocycles. The number of aliphatic hydroxyl groups excluding tert-OH is 1. The molecule has 1 fully saturated rings. The lowest BCUT2D eigenvalue weighted by molar-refractivity contribution is -0.140. The van der Waals surface area contributed by atoms with Crippen LogP contribution in [0.1, 0.15) is 69.3 Å². The van der Waals surface area contributed by atoms with Gasteiger partial charge in [0.25, 0.3) is 11.7 Å². The number of hydrogen-bond acceptors (Lipinski definition) is 5. The number of hydrogen-bond donors (Lipinski definition) is 1. The first-order chi connectivity index (χ1) is 17.0. The number of rotatable bonds is 9. The second kappa shape index (κ2) is 11.3. The Balaban J connectivity index is 2.07. The topological polar surface area (TPSA) is 76.1 Å². The van der Waals surface area contributed by atoms with Gasteiger partial charge >= 0.3 is 0 Å². The summed E-state index contributed by atoms with van der Waals surface area (Å²) in [7, 11) is 1.60. The van der Waals surface area contributed by atoms with Gasteiger partial charge in [-0.2, -0.15) is 0 Å². The van der Waals surface area contributed by atoms with Crippen LogP contribution in [0.4, 0.5) is 0 Å². The fourth-order valence-electron chi connectivity index (χ4n) is 4.37. The molecule has 3 rings (SSSR count). The standard InChI is InChI=1S/C30H39NO5/c1-19(2)18-36-24-14-11-22(17-20(24)3)27(32)25-26(21-9-12-23(13-10-21)30(4,5)6)31(15-8-16-35-7)29(34)28(25)33/h9-14,17,19,26,32H,8,15-16,18H2,1-7H3/t26-/m1/s1. The molecule has 6 heteroatoms. The summed E-state index contributed by atoms with van der Waals surface area (Å²) in [6, 6.07) is 12.6. The quantitative estimate of drug-likeness (QED) is 0.207. The van der Waals surface area contributed by atoms with Crippen molar-refractivity contribution in [3.8, 4) is 5.75 Å². The van der Waals surface area contributed by atoms with E-state index in [2.05, 4.69) is 34.6 Å². The minimum atomic E-state index is -0.674. The molecule has 1 atom stereocenters. The maximum atomic E-state index is 13.2. The van der Waals surface area contributed by atoms with E-state index < -0.39 is 17.7 Å². The average molecular weight is 494 g/mol. The van der Waals surface area contributed by atoms with Crippen molar-refractivity contribution in [2.24, 2.45) is 5.92 Å². The number of ketones is 1.